The molecule has 0 N–H and O–H groups in total. The molecule has 1 saturated heterocycles. The lowest BCUT2D eigenvalue weighted by Crippen LogP contribution is -2.47. The van der Waals surface area contributed by atoms with Crippen LogP contribution >= 0.6 is 11.8 Å². The van der Waals surface area contributed by atoms with Gasteiger partial charge in [-0.1, -0.05) is 23.9 Å². The zero-order valence-corrected chi connectivity index (χ0v) is 17.7. The summed E-state index contributed by atoms with van der Waals surface area (Å²) < 4.78 is 7.68. The summed E-state index contributed by atoms with van der Waals surface area (Å²) in [5, 5.41) is 0.831. The first-order valence-corrected chi connectivity index (χ1v) is 10.9. The van der Waals surface area contributed by atoms with Crippen LogP contribution in [0.15, 0.2) is 53.7 Å². The molecule has 3 aromatic rings. The Labute approximate surface area is 175 Å². The highest BCUT2D eigenvalue weighted by molar-refractivity contribution is 7.99. The van der Waals surface area contributed by atoms with Gasteiger partial charge in [0.2, 0.25) is 5.91 Å². The smallest absolute Gasteiger partial charge is 0.233 e. The van der Waals surface area contributed by atoms with E-state index < -0.39 is 0 Å². The largest absolute Gasteiger partial charge is 0.494 e. The van der Waals surface area contributed by atoms with Crippen LogP contribution in [0.2, 0.25) is 0 Å². The molecule has 0 saturated carbocycles. The lowest BCUT2D eigenvalue weighted by molar-refractivity contribution is -0.129. The molecule has 152 valence electrons. The number of hydrogen-bond acceptors (Lipinski definition) is 5. The molecule has 0 bridgehead atoms. The minimum Gasteiger partial charge on any atom is -0.494 e. The van der Waals surface area contributed by atoms with Crippen LogP contribution in [0.25, 0.3) is 16.7 Å². The fourth-order valence-corrected chi connectivity index (χ4v) is 4.41. The average molecular weight is 411 g/mol. The van der Waals surface area contributed by atoms with E-state index in [1.165, 1.54) is 11.8 Å². The van der Waals surface area contributed by atoms with Gasteiger partial charge in [0.15, 0.2) is 5.16 Å². The first-order valence-electron chi connectivity index (χ1n) is 9.95. The molecule has 4 rings (SSSR count). The summed E-state index contributed by atoms with van der Waals surface area (Å²) in [4.78, 5) is 21.7. The van der Waals surface area contributed by atoms with E-state index >= 15 is 0 Å². The Balaban J connectivity index is 1.57. The number of nitrogens with zero attached hydrogens (tertiary/aromatic N) is 4. The zero-order chi connectivity index (χ0) is 20.2. The molecule has 2 heterocycles. The monoisotopic (exact) mass is 410 g/mol. The number of para-hydroxylation sites is 2. The average Bonchev–Trinajstić information content (AvgIpc) is 3.12. The van der Waals surface area contributed by atoms with Gasteiger partial charge in [0, 0.05) is 31.9 Å². The lowest BCUT2D eigenvalue weighted by Gasteiger charge is -2.32. The van der Waals surface area contributed by atoms with Gasteiger partial charge in [-0.25, -0.2) is 4.98 Å². The molecule has 1 aliphatic rings. The van der Waals surface area contributed by atoms with Crippen LogP contribution in [0.3, 0.4) is 0 Å². The molecule has 0 unspecified atom stereocenters. The summed E-state index contributed by atoms with van der Waals surface area (Å²) >= 11 is 1.50. The number of likely N-dealkylation sites (N-methyl/N-ethyl adjacent to an activating group) is 1. The van der Waals surface area contributed by atoms with Crippen molar-refractivity contribution in [1.29, 1.82) is 0 Å². The number of carbonyl (C=O) groups is 1. The number of fused-ring (bicyclic) bond motifs is 1. The molecular formula is C22H26N4O2S. The Morgan fingerprint density at radius 1 is 1.07 bits per heavy atom. The van der Waals surface area contributed by atoms with Crippen molar-refractivity contribution in [2.75, 3.05) is 45.6 Å². The molecule has 1 amide bonds. The minimum absolute atomic E-state index is 0.174. The van der Waals surface area contributed by atoms with Crippen LogP contribution in [0, 0.1) is 0 Å². The van der Waals surface area contributed by atoms with Gasteiger partial charge in [-0.2, -0.15) is 0 Å². The quantitative estimate of drug-likeness (QED) is 0.584. The highest BCUT2D eigenvalue weighted by Gasteiger charge is 2.21. The van der Waals surface area contributed by atoms with Crippen molar-refractivity contribution in [3.8, 4) is 11.4 Å². The van der Waals surface area contributed by atoms with Crippen LogP contribution in [-0.2, 0) is 4.79 Å². The number of hydrogen-bond donors (Lipinski definition) is 0. The molecule has 1 aromatic heterocycles. The van der Waals surface area contributed by atoms with E-state index in [9.17, 15) is 4.79 Å². The molecule has 0 aliphatic carbocycles. The second-order valence-electron chi connectivity index (χ2n) is 7.12. The van der Waals surface area contributed by atoms with Crippen molar-refractivity contribution < 1.29 is 9.53 Å². The molecule has 0 atom stereocenters. The molecule has 7 heteroatoms. The van der Waals surface area contributed by atoms with Gasteiger partial charge in [-0.15, -0.1) is 0 Å². The van der Waals surface area contributed by atoms with Crippen LogP contribution in [0.4, 0.5) is 0 Å². The van der Waals surface area contributed by atoms with Gasteiger partial charge in [-0.3, -0.25) is 9.36 Å². The fourth-order valence-electron chi connectivity index (χ4n) is 3.48. The first-order chi connectivity index (χ1) is 14.2. The van der Waals surface area contributed by atoms with E-state index in [1.807, 2.05) is 54.3 Å². The Morgan fingerprint density at radius 3 is 2.52 bits per heavy atom. The highest BCUT2D eigenvalue weighted by Crippen LogP contribution is 2.29. The number of aromatic nitrogens is 2. The van der Waals surface area contributed by atoms with Crippen molar-refractivity contribution in [2.24, 2.45) is 0 Å². The van der Waals surface area contributed by atoms with Crippen LogP contribution < -0.4 is 4.74 Å². The van der Waals surface area contributed by atoms with E-state index in [0.29, 0.717) is 12.4 Å². The van der Waals surface area contributed by atoms with Gasteiger partial charge in [0.1, 0.15) is 5.75 Å². The minimum atomic E-state index is 0.174. The van der Waals surface area contributed by atoms with Crippen LogP contribution in [0.5, 0.6) is 5.75 Å². The maximum atomic E-state index is 12.7. The summed E-state index contributed by atoms with van der Waals surface area (Å²) in [6, 6.07) is 16.1. The number of piperazine rings is 1. The van der Waals surface area contributed by atoms with Crippen molar-refractivity contribution in [2.45, 2.75) is 12.1 Å². The predicted octanol–water partition coefficient (Wildman–Crippen LogP) is 3.29. The van der Waals surface area contributed by atoms with Crippen molar-refractivity contribution in [3.63, 3.8) is 0 Å². The first kappa shape index (κ1) is 19.8. The molecule has 29 heavy (non-hydrogen) atoms. The summed E-state index contributed by atoms with van der Waals surface area (Å²) in [6.07, 6.45) is 0. The number of imidazole rings is 1. The van der Waals surface area contributed by atoms with Gasteiger partial charge in [0.25, 0.3) is 0 Å². The van der Waals surface area contributed by atoms with Gasteiger partial charge >= 0.3 is 0 Å². The maximum absolute atomic E-state index is 12.7. The summed E-state index contributed by atoms with van der Waals surface area (Å²) in [5.74, 6) is 1.41. The van der Waals surface area contributed by atoms with Crippen molar-refractivity contribution >= 4 is 28.7 Å². The fraction of sp³-hybridized carbons (Fsp3) is 0.364. The molecule has 1 aliphatic heterocycles. The van der Waals surface area contributed by atoms with E-state index in [0.717, 1.165) is 53.8 Å². The van der Waals surface area contributed by atoms with E-state index in [1.54, 1.807) is 0 Å². The molecule has 0 radical (unpaired) electrons. The zero-order valence-electron chi connectivity index (χ0n) is 16.9. The molecule has 6 nitrogen and oxygen atoms in total. The second kappa shape index (κ2) is 8.88. The van der Waals surface area contributed by atoms with Gasteiger partial charge in [-0.05, 0) is 50.4 Å². The summed E-state index contributed by atoms with van der Waals surface area (Å²) in [6.45, 7) is 6.07. The highest BCUT2D eigenvalue weighted by atomic mass is 32.2. The Bertz CT molecular complexity index is 978. The third-order valence-corrected chi connectivity index (χ3v) is 6.04. The third kappa shape index (κ3) is 4.41. The topological polar surface area (TPSA) is 50.6 Å². The van der Waals surface area contributed by atoms with E-state index in [-0.39, 0.29) is 5.91 Å². The van der Waals surface area contributed by atoms with Crippen molar-refractivity contribution in [3.05, 3.63) is 48.5 Å². The number of ether oxygens (including phenoxy) is 1. The summed E-state index contributed by atoms with van der Waals surface area (Å²) in [5.41, 5.74) is 2.97. The van der Waals surface area contributed by atoms with E-state index in [4.69, 9.17) is 9.72 Å². The summed E-state index contributed by atoms with van der Waals surface area (Å²) in [7, 11) is 2.09. The number of rotatable bonds is 6. The molecule has 2 aromatic carbocycles. The predicted molar refractivity (Wildman–Crippen MR) is 117 cm³/mol. The van der Waals surface area contributed by atoms with Gasteiger partial charge in [0.05, 0.1) is 23.4 Å². The number of benzene rings is 2. The third-order valence-electron chi connectivity index (χ3n) is 5.12. The van der Waals surface area contributed by atoms with Crippen LogP contribution in [0.1, 0.15) is 6.92 Å². The maximum Gasteiger partial charge on any atom is 0.233 e. The van der Waals surface area contributed by atoms with E-state index in [2.05, 4.69) is 22.6 Å². The van der Waals surface area contributed by atoms with Crippen molar-refractivity contribution in [1.82, 2.24) is 19.4 Å². The van der Waals surface area contributed by atoms with Crippen LogP contribution in [-0.4, -0.2) is 70.8 Å². The lowest BCUT2D eigenvalue weighted by atomic mass is 10.2. The normalized spacial score (nSPS) is 15.0. The standard InChI is InChI=1S/C22H26N4O2S/c1-3-28-18-10-8-17(9-11-18)26-20-7-5-4-6-19(20)23-22(26)29-16-21(27)25-14-12-24(2)13-15-25/h4-11H,3,12-16H2,1-2H3. The Kier molecular flexibility index (Phi) is 6.06. The Hall–Kier alpha value is -2.51. The number of carbonyl (C=O) groups excluding carboxylic acids is 1. The Morgan fingerprint density at radius 2 is 1.79 bits per heavy atom. The second-order valence-corrected chi connectivity index (χ2v) is 8.06. The van der Waals surface area contributed by atoms with Gasteiger partial charge < -0.3 is 14.5 Å². The molecule has 0 spiro atoms. The molecular weight excluding hydrogens is 384 g/mol. The SMILES string of the molecule is CCOc1ccc(-n2c(SCC(=O)N3CCN(C)CC3)nc3ccccc32)cc1. The number of thioether (sulfide) groups is 1. The molecule has 1 fully saturated rings. The number of amides is 1.